The lowest BCUT2D eigenvalue weighted by atomic mass is 10.1. The zero-order valence-corrected chi connectivity index (χ0v) is 16.3. The summed E-state index contributed by atoms with van der Waals surface area (Å²) in [4.78, 5) is 12.6. The van der Waals surface area contributed by atoms with Crippen molar-refractivity contribution in [2.45, 2.75) is 32.2 Å². The van der Waals surface area contributed by atoms with Crippen LogP contribution in [-0.2, 0) is 12.4 Å². The highest BCUT2D eigenvalue weighted by Gasteiger charge is 2.38. The van der Waals surface area contributed by atoms with E-state index < -0.39 is 29.2 Å². The first-order valence-corrected chi connectivity index (χ1v) is 9.06. The molecule has 0 unspecified atom stereocenters. The summed E-state index contributed by atoms with van der Waals surface area (Å²) < 4.78 is 79.1. The second kappa shape index (κ2) is 8.40. The van der Waals surface area contributed by atoms with Crippen LogP contribution in [0.1, 0.15) is 25.0 Å². The van der Waals surface area contributed by atoms with Crippen LogP contribution < -0.4 is 10.6 Å². The number of hydrogen-bond donors (Lipinski definition) is 2. The van der Waals surface area contributed by atoms with Gasteiger partial charge in [-0.1, -0.05) is 6.07 Å². The number of halogens is 6. The SMILES string of the molecule is CC(C)Nc1nc(Nc2ccc(C(F)(F)F)cc2C(F)(F)F)cc(-c2ccccn2)n1. The summed E-state index contributed by atoms with van der Waals surface area (Å²) in [6, 6.07) is 7.71. The minimum absolute atomic E-state index is 0.0379. The van der Waals surface area contributed by atoms with Gasteiger partial charge in [-0.2, -0.15) is 31.3 Å². The van der Waals surface area contributed by atoms with Crippen LogP contribution in [0.5, 0.6) is 0 Å². The van der Waals surface area contributed by atoms with Crippen molar-refractivity contribution in [3.8, 4) is 11.4 Å². The highest BCUT2D eigenvalue weighted by molar-refractivity contribution is 5.67. The normalized spacial score (nSPS) is 12.2. The summed E-state index contributed by atoms with van der Waals surface area (Å²) in [6.07, 6.45) is -8.40. The molecule has 0 aliphatic rings. The highest BCUT2D eigenvalue weighted by Crippen LogP contribution is 2.40. The van der Waals surface area contributed by atoms with E-state index in [9.17, 15) is 26.3 Å². The van der Waals surface area contributed by atoms with E-state index in [0.29, 0.717) is 17.5 Å². The van der Waals surface area contributed by atoms with Crippen molar-refractivity contribution in [3.63, 3.8) is 0 Å². The van der Waals surface area contributed by atoms with Gasteiger partial charge in [0.15, 0.2) is 0 Å². The molecule has 3 rings (SSSR count). The maximum absolute atomic E-state index is 13.5. The topological polar surface area (TPSA) is 62.7 Å². The van der Waals surface area contributed by atoms with E-state index in [-0.39, 0.29) is 23.9 Å². The molecule has 5 nitrogen and oxygen atoms in total. The fourth-order valence-electron chi connectivity index (χ4n) is 2.68. The number of nitrogens with zero attached hydrogens (tertiary/aromatic N) is 3. The molecule has 0 aliphatic heterocycles. The van der Waals surface area contributed by atoms with Crippen LogP contribution in [-0.4, -0.2) is 21.0 Å². The van der Waals surface area contributed by atoms with Gasteiger partial charge in [-0.15, -0.1) is 0 Å². The second-order valence-corrected chi connectivity index (χ2v) is 6.86. The van der Waals surface area contributed by atoms with Crippen molar-refractivity contribution in [1.82, 2.24) is 15.0 Å². The lowest BCUT2D eigenvalue weighted by Crippen LogP contribution is -2.15. The predicted molar refractivity (Wildman–Crippen MR) is 104 cm³/mol. The van der Waals surface area contributed by atoms with Gasteiger partial charge >= 0.3 is 12.4 Å². The quantitative estimate of drug-likeness (QED) is 0.466. The van der Waals surface area contributed by atoms with Crippen LogP contribution >= 0.6 is 0 Å². The molecule has 0 radical (unpaired) electrons. The third kappa shape index (κ3) is 5.62. The maximum atomic E-state index is 13.5. The summed E-state index contributed by atoms with van der Waals surface area (Å²) in [5.41, 5.74) is -2.66. The van der Waals surface area contributed by atoms with Gasteiger partial charge in [0.25, 0.3) is 0 Å². The van der Waals surface area contributed by atoms with Crippen LogP contribution in [0.4, 0.5) is 43.8 Å². The molecule has 2 heterocycles. The van der Waals surface area contributed by atoms with E-state index in [1.54, 1.807) is 18.2 Å². The van der Waals surface area contributed by atoms with E-state index in [0.717, 1.165) is 6.07 Å². The molecule has 11 heteroatoms. The first-order chi connectivity index (χ1) is 14.4. The van der Waals surface area contributed by atoms with Gasteiger partial charge in [0, 0.05) is 18.3 Å². The number of pyridine rings is 1. The van der Waals surface area contributed by atoms with E-state index in [1.807, 2.05) is 13.8 Å². The molecule has 1 aromatic carbocycles. The third-order valence-corrected chi connectivity index (χ3v) is 3.99. The van der Waals surface area contributed by atoms with Gasteiger partial charge in [0.1, 0.15) is 5.82 Å². The number of nitrogens with one attached hydrogen (secondary N) is 2. The summed E-state index contributed by atoms with van der Waals surface area (Å²) in [7, 11) is 0. The Bertz CT molecular complexity index is 1050. The number of anilines is 3. The monoisotopic (exact) mass is 441 g/mol. The van der Waals surface area contributed by atoms with Crippen molar-refractivity contribution >= 4 is 17.5 Å². The van der Waals surface area contributed by atoms with Gasteiger partial charge in [0.2, 0.25) is 5.95 Å². The maximum Gasteiger partial charge on any atom is 0.418 e. The zero-order chi connectivity index (χ0) is 22.8. The molecule has 0 bridgehead atoms. The Balaban J connectivity index is 2.07. The number of aromatic nitrogens is 3. The lowest BCUT2D eigenvalue weighted by molar-refractivity contribution is -0.142. The van der Waals surface area contributed by atoms with Crippen molar-refractivity contribution in [3.05, 3.63) is 59.8 Å². The van der Waals surface area contributed by atoms with Crippen LogP contribution in [0.25, 0.3) is 11.4 Å². The fourth-order valence-corrected chi connectivity index (χ4v) is 2.68. The van der Waals surface area contributed by atoms with E-state index in [4.69, 9.17) is 0 Å². The Morgan fingerprint density at radius 3 is 2.16 bits per heavy atom. The number of hydrogen-bond acceptors (Lipinski definition) is 5. The summed E-state index contributed by atoms with van der Waals surface area (Å²) in [6.45, 7) is 3.64. The minimum atomic E-state index is -5.01. The van der Waals surface area contributed by atoms with E-state index in [2.05, 4.69) is 25.6 Å². The molecule has 0 saturated carbocycles. The molecule has 0 amide bonds. The van der Waals surface area contributed by atoms with Crippen LogP contribution in [0.2, 0.25) is 0 Å². The summed E-state index contributed by atoms with van der Waals surface area (Å²) in [5.74, 6) is 0.0881. The molecule has 3 aromatic rings. The van der Waals surface area contributed by atoms with Gasteiger partial charge in [0.05, 0.1) is 28.2 Å². The molecule has 0 saturated heterocycles. The molecule has 0 spiro atoms. The summed E-state index contributed by atoms with van der Waals surface area (Å²) >= 11 is 0. The van der Waals surface area contributed by atoms with Crippen LogP contribution in [0.3, 0.4) is 0 Å². The van der Waals surface area contributed by atoms with Gasteiger partial charge in [-0.3, -0.25) is 4.98 Å². The first kappa shape index (κ1) is 22.3. The van der Waals surface area contributed by atoms with Crippen molar-refractivity contribution in [2.75, 3.05) is 10.6 Å². The van der Waals surface area contributed by atoms with Crippen LogP contribution in [0, 0.1) is 0 Å². The van der Waals surface area contributed by atoms with E-state index >= 15 is 0 Å². The lowest BCUT2D eigenvalue weighted by Gasteiger charge is -2.18. The molecular weight excluding hydrogens is 424 g/mol. The Kier molecular flexibility index (Phi) is 6.05. The van der Waals surface area contributed by atoms with Gasteiger partial charge in [-0.05, 0) is 44.2 Å². The number of rotatable bonds is 5. The molecule has 0 fully saturated rings. The number of alkyl halides is 6. The third-order valence-electron chi connectivity index (χ3n) is 3.99. The van der Waals surface area contributed by atoms with Crippen molar-refractivity contribution < 1.29 is 26.3 Å². The molecule has 0 atom stereocenters. The Morgan fingerprint density at radius 2 is 1.58 bits per heavy atom. The largest absolute Gasteiger partial charge is 0.418 e. The van der Waals surface area contributed by atoms with Crippen LogP contribution in [0.15, 0.2) is 48.7 Å². The molecule has 0 aliphatic carbocycles. The van der Waals surface area contributed by atoms with Crippen molar-refractivity contribution in [2.24, 2.45) is 0 Å². The molecule has 31 heavy (non-hydrogen) atoms. The second-order valence-electron chi connectivity index (χ2n) is 6.86. The zero-order valence-electron chi connectivity index (χ0n) is 16.3. The average molecular weight is 441 g/mol. The highest BCUT2D eigenvalue weighted by atomic mass is 19.4. The predicted octanol–water partition coefficient (Wildman–Crippen LogP) is 6.14. The average Bonchev–Trinajstić information content (AvgIpc) is 2.66. The standard InChI is InChI=1S/C20H17F6N5/c1-11(2)28-18-30-16(15-5-3-4-8-27-15)10-17(31-18)29-14-7-6-12(19(21,22)23)9-13(14)20(24,25)26/h3-11H,1-2H3,(H2,28,29,30,31). The number of benzene rings is 1. The molecule has 2 aromatic heterocycles. The Labute approximate surface area is 173 Å². The fraction of sp³-hybridized carbons (Fsp3) is 0.250. The molecule has 164 valence electrons. The Morgan fingerprint density at radius 1 is 0.839 bits per heavy atom. The molecular formula is C20H17F6N5. The first-order valence-electron chi connectivity index (χ1n) is 9.06. The molecule has 2 N–H and O–H groups in total. The van der Waals surface area contributed by atoms with Gasteiger partial charge < -0.3 is 10.6 Å². The Hall–Kier alpha value is -3.37. The minimum Gasteiger partial charge on any atom is -0.352 e. The van der Waals surface area contributed by atoms with Crippen molar-refractivity contribution in [1.29, 1.82) is 0 Å². The van der Waals surface area contributed by atoms with Gasteiger partial charge in [-0.25, -0.2) is 4.98 Å². The summed E-state index contributed by atoms with van der Waals surface area (Å²) in [5, 5.41) is 5.43. The van der Waals surface area contributed by atoms with E-state index in [1.165, 1.54) is 12.3 Å². The smallest absolute Gasteiger partial charge is 0.352 e.